The highest BCUT2D eigenvalue weighted by atomic mass is 19.1. The van der Waals surface area contributed by atoms with Crippen molar-refractivity contribution < 1.29 is 18.7 Å². The molecule has 0 saturated heterocycles. The molecule has 1 aliphatic carbocycles. The van der Waals surface area contributed by atoms with Crippen molar-refractivity contribution in [1.82, 2.24) is 10.2 Å². The van der Waals surface area contributed by atoms with Crippen LogP contribution in [0.5, 0.6) is 5.75 Å². The molecule has 4 atom stereocenters. The van der Waals surface area contributed by atoms with Crippen molar-refractivity contribution in [2.45, 2.75) is 70.2 Å². The first-order chi connectivity index (χ1) is 17.9. The number of benzene rings is 2. The molecule has 0 radical (unpaired) electrons. The summed E-state index contributed by atoms with van der Waals surface area (Å²) in [5.41, 5.74) is 6.97. The summed E-state index contributed by atoms with van der Waals surface area (Å²) in [5, 5.41) is 12.6. The van der Waals surface area contributed by atoms with E-state index in [1.165, 1.54) is 17.0 Å². The predicted octanol–water partition coefficient (Wildman–Crippen LogP) is 4.12. The van der Waals surface area contributed by atoms with Gasteiger partial charge in [-0.15, -0.1) is 0 Å². The van der Waals surface area contributed by atoms with E-state index in [4.69, 9.17) is 10.5 Å². The monoisotopic (exact) mass is 517 g/mol. The van der Waals surface area contributed by atoms with Crippen LogP contribution in [0.2, 0.25) is 0 Å². The van der Waals surface area contributed by atoms with Gasteiger partial charge in [0.1, 0.15) is 17.2 Å². The zero-order valence-electron chi connectivity index (χ0n) is 22.0. The summed E-state index contributed by atoms with van der Waals surface area (Å²) in [6, 6.07) is 12.6. The fourth-order valence-corrected chi connectivity index (χ4v) is 5.76. The van der Waals surface area contributed by atoms with Crippen LogP contribution >= 0.6 is 0 Å². The van der Waals surface area contributed by atoms with Crippen molar-refractivity contribution in [3.8, 4) is 11.8 Å². The van der Waals surface area contributed by atoms with E-state index >= 15 is 0 Å². The molecule has 0 aromatic heterocycles. The molecule has 1 saturated carbocycles. The maximum Gasteiger partial charge on any atom is 0.232 e. The van der Waals surface area contributed by atoms with Crippen LogP contribution in [-0.4, -0.2) is 33.8 Å². The third kappa shape index (κ3) is 4.95. The number of nitrogens with one attached hydrogen (secondary N) is 1. The zero-order chi connectivity index (χ0) is 27.4. The molecule has 1 fully saturated rings. The molecule has 198 valence electrons. The van der Waals surface area contributed by atoms with Crippen LogP contribution in [0, 0.1) is 29.0 Å². The van der Waals surface area contributed by atoms with Crippen LogP contribution in [0.15, 0.2) is 47.5 Å². The Morgan fingerprint density at radius 1 is 1.26 bits per heavy atom. The second kappa shape index (κ2) is 9.12. The van der Waals surface area contributed by atoms with Crippen LogP contribution in [0.25, 0.3) is 0 Å². The van der Waals surface area contributed by atoms with Crippen LogP contribution in [-0.2, 0) is 9.59 Å². The maximum absolute atomic E-state index is 14.1. The molecule has 2 aliphatic heterocycles. The van der Waals surface area contributed by atoms with Crippen LogP contribution < -0.4 is 15.8 Å². The van der Waals surface area contributed by atoms with E-state index in [2.05, 4.69) is 16.4 Å². The summed E-state index contributed by atoms with van der Waals surface area (Å²) in [4.78, 5) is 32.9. The molecule has 2 unspecified atom stereocenters. The fraction of sp³-hybridized carbons (Fsp3) is 0.448. The maximum atomic E-state index is 14.1. The van der Waals surface area contributed by atoms with E-state index in [0.29, 0.717) is 29.7 Å². The van der Waals surface area contributed by atoms with E-state index in [-0.39, 0.29) is 36.0 Å². The van der Waals surface area contributed by atoms with Crippen molar-refractivity contribution in [2.24, 2.45) is 22.6 Å². The zero-order valence-corrected chi connectivity index (χ0v) is 22.0. The summed E-state index contributed by atoms with van der Waals surface area (Å²) in [6.07, 6.45) is 1.21. The number of carbonyl (C=O) groups is 2. The molecular formula is C29H32FN5O3. The van der Waals surface area contributed by atoms with Gasteiger partial charge in [0.2, 0.25) is 11.8 Å². The average molecular weight is 518 g/mol. The van der Waals surface area contributed by atoms with Crippen molar-refractivity contribution in [3.05, 3.63) is 65.0 Å². The lowest BCUT2D eigenvalue weighted by Gasteiger charge is -2.39. The van der Waals surface area contributed by atoms with Crippen LogP contribution in [0.4, 0.5) is 4.39 Å². The van der Waals surface area contributed by atoms with Crippen LogP contribution in [0.3, 0.4) is 0 Å². The quantitative estimate of drug-likeness (QED) is 0.618. The first-order valence-corrected chi connectivity index (χ1v) is 12.8. The van der Waals surface area contributed by atoms with Gasteiger partial charge in [-0.2, -0.15) is 5.26 Å². The normalized spacial score (nSPS) is 25.8. The number of nitriles is 1. The van der Waals surface area contributed by atoms with E-state index < -0.39 is 29.0 Å². The second-order valence-corrected chi connectivity index (χ2v) is 11.7. The Labute approximate surface area is 221 Å². The number of nitrogens with two attached hydrogens (primary N) is 1. The standard InChI is InChI=1S/C29H32FN5O3/c1-28(2)14-24(36)35(27(32)34-28)25(17-7-5-6-16(10-17)15-31)19-12-20(19)26(37)33-22-13-29(3,4)38-23-9-8-18(30)11-21(22)23/h5-11,19-20,22,25H,12-14H2,1-4H3,(H2,32,34)(H,33,37)/t19-,20-,22?,25?/m0/s1. The number of guanidine groups is 1. The van der Waals surface area contributed by atoms with Crippen LogP contribution in [0.1, 0.15) is 75.7 Å². The molecule has 3 N–H and O–H groups in total. The van der Waals surface area contributed by atoms with Gasteiger partial charge in [0.05, 0.1) is 35.7 Å². The van der Waals surface area contributed by atoms with E-state index in [9.17, 15) is 19.2 Å². The Hall–Kier alpha value is -3.93. The molecule has 0 bridgehead atoms. The van der Waals surface area contributed by atoms with Crippen molar-refractivity contribution in [3.63, 3.8) is 0 Å². The molecule has 2 amide bonds. The third-order valence-corrected chi connectivity index (χ3v) is 7.48. The first kappa shape index (κ1) is 25.7. The summed E-state index contributed by atoms with van der Waals surface area (Å²) in [6.45, 7) is 7.57. The number of amides is 2. The van der Waals surface area contributed by atoms with Gasteiger partial charge < -0.3 is 15.8 Å². The number of fused-ring (bicyclic) bond motifs is 1. The SMILES string of the molecule is CC1(C)CC(=O)N(C(c2cccc(C#N)c2)[C@H]2C[C@@H]2C(=O)NC2CC(C)(C)Oc3ccc(F)cc32)C(N)=N1. The average Bonchev–Trinajstić information content (AvgIpc) is 3.61. The van der Waals surface area contributed by atoms with Crippen molar-refractivity contribution in [2.75, 3.05) is 0 Å². The lowest BCUT2D eigenvalue weighted by molar-refractivity contribution is -0.132. The van der Waals surface area contributed by atoms with Gasteiger partial charge in [-0.3, -0.25) is 14.5 Å². The summed E-state index contributed by atoms with van der Waals surface area (Å²) in [5.74, 6) is -0.676. The van der Waals surface area contributed by atoms with E-state index in [1.54, 1.807) is 24.3 Å². The number of nitrogens with zero attached hydrogens (tertiary/aromatic N) is 3. The molecular weight excluding hydrogens is 485 g/mol. The van der Waals surface area contributed by atoms with Crippen molar-refractivity contribution >= 4 is 17.8 Å². The molecule has 5 rings (SSSR count). The van der Waals surface area contributed by atoms with Gasteiger partial charge in [-0.1, -0.05) is 12.1 Å². The van der Waals surface area contributed by atoms with Gasteiger partial charge in [0.25, 0.3) is 0 Å². The van der Waals surface area contributed by atoms with E-state index in [1.807, 2.05) is 33.8 Å². The minimum absolute atomic E-state index is 0.111. The van der Waals surface area contributed by atoms with E-state index in [0.717, 1.165) is 5.56 Å². The Balaban J connectivity index is 1.43. The number of hydrogen-bond donors (Lipinski definition) is 2. The molecule has 2 heterocycles. The summed E-state index contributed by atoms with van der Waals surface area (Å²) >= 11 is 0. The molecule has 2 aromatic carbocycles. The molecule has 3 aliphatic rings. The Bertz CT molecular complexity index is 1380. The fourth-order valence-electron chi connectivity index (χ4n) is 5.76. The number of halogens is 1. The Morgan fingerprint density at radius 3 is 2.74 bits per heavy atom. The highest BCUT2D eigenvalue weighted by Gasteiger charge is 2.53. The van der Waals surface area contributed by atoms with Gasteiger partial charge in [-0.05, 0) is 75.9 Å². The lowest BCUT2D eigenvalue weighted by atomic mass is 9.89. The summed E-state index contributed by atoms with van der Waals surface area (Å²) in [7, 11) is 0. The highest BCUT2D eigenvalue weighted by molar-refractivity contribution is 5.99. The number of rotatable bonds is 5. The highest BCUT2D eigenvalue weighted by Crippen LogP contribution is 2.52. The summed E-state index contributed by atoms with van der Waals surface area (Å²) < 4.78 is 20.1. The minimum Gasteiger partial charge on any atom is -0.487 e. The molecule has 2 aromatic rings. The lowest BCUT2D eigenvalue weighted by Crippen LogP contribution is -2.52. The van der Waals surface area contributed by atoms with Gasteiger partial charge >= 0.3 is 0 Å². The molecule has 9 heteroatoms. The Morgan fingerprint density at radius 2 is 2.03 bits per heavy atom. The second-order valence-electron chi connectivity index (χ2n) is 11.7. The number of ether oxygens (including phenoxy) is 1. The molecule has 8 nitrogen and oxygen atoms in total. The largest absolute Gasteiger partial charge is 0.487 e. The number of aliphatic imine (C=N–C) groups is 1. The third-order valence-electron chi connectivity index (χ3n) is 7.48. The molecule has 38 heavy (non-hydrogen) atoms. The number of carbonyl (C=O) groups excluding carboxylic acids is 2. The number of hydrogen-bond acceptors (Lipinski definition) is 6. The molecule has 0 spiro atoms. The van der Waals surface area contributed by atoms with Gasteiger partial charge in [-0.25, -0.2) is 9.38 Å². The van der Waals surface area contributed by atoms with Gasteiger partial charge in [0, 0.05) is 17.9 Å². The minimum atomic E-state index is -0.616. The van der Waals surface area contributed by atoms with Crippen molar-refractivity contribution in [1.29, 1.82) is 5.26 Å². The Kier molecular flexibility index (Phi) is 6.17. The smallest absolute Gasteiger partial charge is 0.232 e. The van der Waals surface area contributed by atoms with Gasteiger partial charge in [0.15, 0.2) is 5.96 Å². The first-order valence-electron chi connectivity index (χ1n) is 12.8. The predicted molar refractivity (Wildman–Crippen MR) is 139 cm³/mol. The topological polar surface area (TPSA) is 121 Å².